The molecule has 0 fully saturated rings. The van der Waals surface area contributed by atoms with Gasteiger partial charge < -0.3 is 4.74 Å². The standard InChI is InChI=1S/C16H12OS2/c1-2-5-14(6-3-1)19-15-10-8-13(9-11-15)17-16-7-4-12-18-16/h1-12H. The molecule has 3 aromatic rings. The van der Waals surface area contributed by atoms with E-state index in [-0.39, 0.29) is 0 Å². The van der Waals surface area contributed by atoms with Gasteiger partial charge in [0.1, 0.15) is 5.75 Å². The monoisotopic (exact) mass is 284 g/mol. The average molecular weight is 284 g/mol. The predicted octanol–water partition coefficient (Wildman–Crippen LogP) is 5.69. The Morgan fingerprint density at radius 3 is 2.16 bits per heavy atom. The van der Waals surface area contributed by atoms with Gasteiger partial charge in [-0.3, -0.25) is 0 Å². The molecule has 0 spiro atoms. The van der Waals surface area contributed by atoms with E-state index in [0.29, 0.717) is 0 Å². The van der Waals surface area contributed by atoms with Gasteiger partial charge in [-0.2, -0.15) is 0 Å². The van der Waals surface area contributed by atoms with Crippen LogP contribution in [0.3, 0.4) is 0 Å². The van der Waals surface area contributed by atoms with Crippen molar-refractivity contribution in [3.05, 3.63) is 72.1 Å². The molecule has 0 unspecified atom stereocenters. The van der Waals surface area contributed by atoms with Crippen LogP contribution < -0.4 is 4.74 Å². The molecule has 0 bridgehead atoms. The number of ether oxygens (including phenoxy) is 1. The minimum Gasteiger partial charge on any atom is -0.447 e. The second-order valence-electron chi connectivity index (χ2n) is 3.92. The fraction of sp³-hybridized carbons (Fsp3) is 0. The van der Waals surface area contributed by atoms with Crippen LogP contribution in [0.4, 0.5) is 0 Å². The zero-order valence-electron chi connectivity index (χ0n) is 10.2. The molecule has 0 N–H and O–H groups in total. The number of benzene rings is 2. The van der Waals surface area contributed by atoms with E-state index in [4.69, 9.17) is 4.74 Å². The largest absolute Gasteiger partial charge is 0.447 e. The van der Waals surface area contributed by atoms with Gasteiger partial charge in [0.05, 0.1) is 0 Å². The minimum absolute atomic E-state index is 0.875. The van der Waals surface area contributed by atoms with Crippen molar-refractivity contribution < 1.29 is 4.74 Å². The average Bonchev–Trinajstić information content (AvgIpc) is 2.95. The Labute approximate surface area is 120 Å². The minimum atomic E-state index is 0.875. The summed E-state index contributed by atoms with van der Waals surface area (Å²) in [4.78, 5) is 2.46. The lowest BCUT2D eigenvalue weighted by atomic mass is 10.3. The van der Waals surface area contributed by atoms with Crippen LogP contribution in [0, 0.1) is 0 Å². The van der Waals surface area contributed by atoms with E-state index in [1.165, 1.54) is 9.79 Å². The first kappa shape index (κ1) is 12.3. The lowest BCUT2D eigenvalue weighted by Gasteiger charge is -2.04. The summed E-state index contributed by atoms with van der Waals surface area (Å²) >= 11 is 3.35. The Kier molecular flexibility index (Phi) is 3.86. The fourth-order valence-electron chi connectivity index (χ4n) is 1.64. The molecule has 1 aromatic heterocycles. The van der Waals surface area contributed by atoms with E-state index < -0.39 is 0 Å². The number of rotatable bonds is 4. The van der Waals surface area contributed by atoms with E-state index in [2.05, 4.69) is 36.4 Å². The summed E-state index contributed by atoms with van der Waals surface area (Å²) in [6.07, 6.45) is 0. The number of hydrogen-bond acceptors (Lipinski definition) is 3. The van der Waals surface area contributed by atoms with Crippen molar-refractivity contribution >= 4 is 23.1 Å². The summed E-state index contributed by atoms with van der Waals surface area (Å²) in [7, 11) is 0. The van der Waals surface area contributed by atoms with Gasteiger partial charge >= 0.3 is 0 Å². The third kappa shape index (κ3) is 3.40. The van der Waals surface area contributed by atoms with E-state index in [0.717, 1.165) is 10.8 Å². The molecule has 0 radical (unpaired) electrons. The third-order valence-electron chi connectivity index (χ3n) is 2.52. The maximum absolute atomic E-state index is 5.73. The Bertz CT molecular complexity index is 616. The Morgan fingerprint density at radius 1 is 0.737 bits per heavy atom. The first-order chi connectivity index (χ1) is 9.40. The van der Waals surface area contributed by atoms with Gasteiger partial charge in [0.15, 0.2) is 5.06 Å². The highest BCUT2D eigenvalue weighted by atomic mass is 32.2. The quantitative estimate of drug-likeness (QED) is 0.608. The van der Waals surface area contributed by atoms with Crippen molar-refractivity contribution in [2.75, 3.05) is 0 Å². The van der Waals surface area contributed by atoms with Crippen molar-refractivity contribution in [2.45, 2.75) is 9.79 Å². The lowest BCUT2D eigenvalue weighted by Crippen LogP contribution is -1.80. The molecular weight excluding hydrogens is 272 g/mol. The van der Waals surface area contributed by atoms with Gasteiger partial charge in [-0.05, 0) is 53.9 Å². The molecule has 1 heterocycles. The highest BCUT2D eigenvalue weighted by molar-refractivity contribution is 7.99. The fourth-order valence-corrected chi connectivity index (χ4v) is 3.07. The molecule has 0 aliphatic carbocycles. The van der Waals surface area contributed by atoms with Gasteiger partial charge in [-0.15, -0.1) is 11.3 Å². The molecule has 0 aliphatic heterocycles. The number of hydrogen-bond donors (Lipinski definition) is 0. The zero-order chi connectivity index (χ0) is 12.9. The molecule has 0 saturated carbocycles. The molecule has 0 aliphatic rings. The van der Waals surface area contributed by atoms with Crippen molar-refractivity contribution in [1.82, 2.24) is 0 Å². The molecule has 94 valence electrons. The smallest absolute Gasteiger partial charge is 0.180 e. The van der Waals surface area contributed by atoms with Crippen LogP contribution in [0.15, 0.2) is 81.9 Å². The maximum atomic E-state index is 5.73. The summed E-state index contributed by atoms with van der Waals surface area (Å²) < 4.78 is 5.73. The maximum Gasteiger partial charge on any atom is 0.180 e. The van der Waals surface area contributed by atoms with Crippen LogP contribution in [0.25, 0.3) is 0 Å². The Morgan fingerprint density at radius 2 is 1.47 bits per heavy atom. The number of thiophene rings is 1. The molecule has 3 heteroatoms. The van der Waals surface area contributed by atoms with Crippen LogP contribution in [0.2, 0.25) is 0 Å². The first-order valence-electron chi connectivity index (χ1n) is 5.94. The topological polar surface area (TPSA) is 9.23 Å². The predicted molar refractivity (Wildman–Crippen MR) is 81.4 cm³/mol. The van der Waals surface area contributed by atoms with Gasteiger partial charge in [0.25, 0.3) is 0 Å². The highest BCUT2D eigenvalue weighted by Gasteiger charge is 2.00. The second kappa shape index (κ2) is 5.95. The molecule has 3 rings (SSSR count). The highest BCUT2D eigenvalue weighted by Crippen LogP contribution is 2.31. The first-order valence-corrected chi connectivity index (χ1v) is 7.64. The van der Waals surface area contributed by atoms with Crippen molar-refractivity contribution in [3.63, 3.8) is 0 Å². The zero-order valence-corrected chi connectivity index (χ0v) is 11.8. The van der Waals surface area contributed by atoms with Crippen LogP contribution in [-0.2, 0) is 0 Å². The summed E-state index contributed by atoms with van der Waals surface area (Å²) in [5.41, 5.74) is 0. The Balaban J connectivity index is 1.69. The van der Waals surface area contributed by atoms with E-state index in [1.807, 2.05) is 35.7 Å². The lowest BCUT2D eigenvalue weighted by molar-refractivity contribution is 0.496. The van der Waals surface area contributed by atoms with Crippen LogP contribution in [-0.4, -0.2) is 0 Å². The summed E-state index contributed by atoms with van der Waals surface area (Å²) in [6, 6.07) is 22.5. The second-order valence-corrected chi connectivity index (χ2v) is 5.98. The van der Waals surface area contributed by atoms with Crippen LogP contribution in [0.5, 0.6) is 10.8 Å². The molecule has 0 saturated heterocycles. The van der Waals surface area contributed by atoms with E-state index in [9.17, 15) is 0 Å². The molecule has 2 aromatic carbocycles. The van der Waals surface area contributed by atoms with E-state index in [1.54, 1.807) is 23.1 Å². The summed E-state index contributed by atoms with van der Waals surface area (Å²) in [6.45, 7) is 0. The molecule has 0 atom stereocenters. The van der Waals surface area contributed by atoms with Gasteiger partial charge in [0.2, 0.25) is 0 Å². The molecule has 19 heavy (non-hydrogen) atoms. The van der Waals surface area contributed by atoms with E-state index >= 15 is 0 Å². The van der Waals surface area contributed by atoms with Gasteiger partial charge in [-0.1, -0.05) is 30.0 Å². The van der Waals surface area contributed by atoms with Crippen LogP contribution >= 0.6 is 23.1 Å². The Hall–Kier alpha value is -1.71. The van der Waals surface area contributed by atoms with Crippen molar-refractivity contribution in [1.29, 1.82) is 0 Å². The summed E-state index contributed by atoms with van der Waals surface area (Å²) in [5.74, 6) is 0.875. The summed E-state index contributed by atoms with van der Waals surface area (Å²) in [5, 5.41) is 2.93. The molecule has 1 nitrogen and oxygen atoms in total. The third-order valence-corrected chi connectivity index (χ3v) is 4.28. The normalized spacial score (nSPS) is 10.3. The SMILES string of the molecule is c1ccc(Sc2ccc(Oc3cccs3)cc2)cc1. The van der Waals surface area contributed by atoms with Gasteiger partial charge in [-0.25, -0.2) is 0 Å². The van der Waals surface area contributed by atoms with Crippen molar-refractivity contribution in [3.8, 4) is 10.8 Å². The molecule has 0 amide bonds. The van der Waals surface area contributed by atoms with Crippen LogP contribution in [0.1, 0.15) is 0 Å². The molecular formula is C16H12OS2. The van der Waals surface area contributed by atoms with Crippen molar-refractivity contribution in [2.24, 2.45) is 0 Å². The van der Waals surface area contributed by atoms with Gasteiger partial charge in [0, 0.05) is 9.79 Å².